The number of carbonyl (C=O) groups is 1. The molecule has 0 aliphatic heterocycles. The molecule has 2 aromatic carbocycles. The molecule has 0 aromatic heterocycles. The molecule has 0 unspecified atom stereocenters. The van der Waals surface area contributed by atoms with Gasteiger partial charge in [0.15, 0.2) is 0 Å². The van der Waals surface area contributed by atoms with Crippen molar-refractivity contribution in [1.82, 2.24) is 0 Å². The SMILES string of the molecule is CC(C)Cc1ccc([C@H](C)C(=O)O)cc1.[SeH]c1ccccc1. The van der Waals surface area contributed by atoms with Gasteiger partial charge >= 0.3 is 56.8 Å². The van der Waals surface area contributed by atoms with Crippen molar-refractivity contribution in [2.24, 2.45) is 5.92 Å². The molecule has 118 valence electrons. The monoisotopic (exact) mass is 364 g/mol. The number of carboxylic acid groups (broad SMARTS) is 1. The number of hydrogen-bond donors (Lipinski definition) is 1. The van der Waals surface area contributed by atoms with Crippen molar-refractivity contribution in [1.29, 1.82) is 0 Å². The second-order valence-corrected chi connectivity index (χ2v) is 6.82. The Labute approximate surface area is 141 Å². The first-order valence-electron chi connectivity index (χ1n) is 7.45. The second kappa shape index (κ2) is 9.45. The van der Waals surface area contributed by atoms with Crippen LogP contribution in [0.4, 0.5) is 0 Å². The molecular formula is C19H24O2Se. The van der Waals surface area contributed by atoms with Gasteiger partial charge in [-0.05, 0) is 30.4 Å². The molecule has 1 atom stereocenters. The van der Waals surface area contributed by atoms with Gasteiger partial charge in [0.05, 0.1) is 5.92 Å². The van der Waals surface area contributed by atoms with E-state index in [0.29, 0.717) is 5.92 Å². The van der Waals surface area contributed by atoms with Crippen LogP contribution < -0.4 is 4.46 Å². The van der Waals surface area contributed by atoms with Gasteiger partial charge in [-0.3, -0.25) is 4.79 Å². The molecule has 0 aliphatic carbocycles. The predicted molar refractivity (Wildman–Crippen MR) is 94.3 cm³/mol. The summed E-state index contributed by atoms with van der Waals surface area (Å²) in [5.74, 6) is -0.558. The van der Waals surface area contributed by atoms with Gasteiger partial charge in [-0.2, -0.15) is 0 Å². The van der Waals surface area contributed by atoms with Crippen molar-refractivity contribution in [2.75, 3.05) is 0 Å². The van der Waals surface area contributed by atoms with Crippen LogP contribution in [0.2, 0.25) is 0 Å². The summed E-state index contributed by atoms with van der Waals surface area (Å²) in [7, 11) is 0. The molecule has 3 heteroatoms. The first-order chi connectivity index (χ1) is 10.4. The second-order valence-electron chi connectivity index (χ2n) is 5.74. The van der Waals surface area contributed by atoms with Crippen molar-refractivity contribution < 1.29 is 9.90 Å². The van der Waals surface area contributed by atoms with E-state index in [1.807, 2.05) is 42.5 Å². The van der Waals surface area contributed by atoms with Crippen LogP contribution in [-0.4, -0.2) is 27.1 Å². The molecule has 2 rings (SSSR count). The van der Waals surface area contributed by atoms with Crippen molar-refractivity contribution >= 4 is 26.4 Å². The molecule has 0 bridgehead atoms. The minimum absolute atomic E-state index is 0.418. The van der Waals surface area contributed by atoms with Crippen LogP contribution in [0.25, 0.3) is 0 Å². The Balaban J connectivity index is 0.000000287. The van der Waals surface area contributed by atoms with E-state index in [4.69, 9.17) is 5.11 Å². The number of aliphatic carboxylic acids is 1. The fourth-order valence-electron chi connectivity index (χ4n) is 1.98. The molecule has 0 heterocycles. The molecule has 0 spiro atoms. The van der Waals surface area contributed by atoms with Crippen LogP contribution in [-0.2, 0) is 11.2 Å². The van der Waals surface area contributed by atoms with Gasteiger partial charge in [0.25, 0.3) is 0 Å². The van der Waals surface area contributed by atoms with Crippen LogP contribution in [0.5, 0.6) is 0 Å². The summed E-state index contributed by atoms with van der Waals surface area (Å²) < 4.78 is 1.26. The van der Waals surface area contributed by atoms with Crippen molar-refractivity contribution in [2.45, 2.75) is 33.1 Å². The van der Waals surface area contributed by atoms with Gasteiger partial charge in [0.2, 0.25) is 0 Å². The summed E-state index contributed by atoms with van der Waals surface area (Å²) in [6.45, 7) is 6.06. The van der Waals surface area contributed by atoms with Crippen molar-refractivity contribution in [3.05, 3.63) is 65.7 Å². The third-order valence-electron chi connectivity index (χ3n) is 3.25. The zero-order chi connectivity index (χ0) is 16.5. The summed E-state index contributed by atoms with van der Waals surface area (Å²) >= 11 is 2.49. The maximum absolute atomic E-state index is 10.8. The first-order valence-corrected chi connectivity index (χ1v) is 8.39. The van der Waals surface area contributed by atoms with E-state index in [0.717, 1.165) is 12.0 Å². The molecule has 1 N–H and O–H groups in total. The molecule has 2 aromatic rings. The van der Waals surface area contributed by atoms with Crippen LogP contribution in [0, 0.1) is 5.92 Å². The minimum atomic E-state index is -0.772. The zero-order valence-corrected chi connectivity index (χ0v) is 15.2. The van der Waals surface area contributed by atoms with Crippen LogP contribution in [0.1, 0.15) is 37.8 Å². The van der Waals surface area contributed by atoms with E-state index in [1.54, 1.807) is 6.92 Å². The summed E-state index contributed by atoms with van der Waals surface area (Å²) in [4.78, 5) is 10.8. The van der Waals surface area contributed by atoms with E-state index in [9.17, 15) is 4.79 Å². The topological polar surface area (TPSA) is 37.3 Å². The summed E-state index contributed by atoms with van der Waals surface area (Å²) in [6, 6.07) is 18.0. The predicted octanol–water partition coefficient (Wildman–Crippen LogP) is 3.29. The van der Waals surface area contributed by atoms with Gasteiger partial charge in [0, 0.05) is 0 Å². The molecule has 0 saturated carbocycles. The van der Waals surface area contributed by atoms with Gasteiger partial charge in [-0.15, -0.1) is 0 Å². The van der Waals surface area contributed by atoms with Crippen LogP contribution in [0.15, 0.2) is 54.6 Å². The van der Waals surface area contributed by atoms with E-state index >= 15 is 0 Å². The van der Waals surface area contributed by atoms with Crippen LogP contribution >= 0.6 is 0 Å². The Hall–Kier alpha value is -1.57. The van der Waals surface area contributed by atoms with Gasteiger partial charge in [0.1, 0.15) is 0 Å². The first kappa shape index (κ1) is 18.5. The van der Waals surface area contributed by atoms with Crippen LogP contribution in [0.3, 0.4) is 0 Å². The molecule has 22 heavy (non-hydrogen) atoms. The number of benzene rings is 2. The Morgan fingerprint density at radius 2 is 1.55 bits per heavy atom. The Bertz CT molecular complexity index is 562. The molecule has 0 aliphatic rings. The third kappa shape index (κ3) is 6.93. The number of carboxylic acids is 1. The quantitative estimate of drug-likeness (QED) is 0.847. The van der Waals surface area contributed by atoms with Crippen molar-refractivity contribution in [3.8, 4) is 0 Å². The van der Waals surface area contributed by atoms with E-state index in [1.165, 1.54) is 10.0 Å². The third-order valence-corrected chi connectivity index (χ3v) is 3.88. The summed E-state index contributed by atoms with van der Waals surface area (Å²) in [5.41, 5.74) is 2.14. The molecule has 0 saturated heterocycles. The van der Waals surface area contributed by atoms with E-state index in [2.05, 4.69) is 42.0 Å². The van der Waals surface area contributed by atoms with Gasteiger partial charge in [-0.1, -0.05) is 38.1 Å². The standard InChI is InChI=1S/C13H18O2.C6H6Se/c1-9(2)8-11-4-6-12(7-5-11)10(3)13(14)15;7-6-4-2-1-3-5-6/h4-7,9-10H,8H2,1-3H3,(H,14,15);1-5,7H/t10-;/m0./s1. The van der Waals surface area contributed by atoms with Gasteiger partial charge < -0.3 is 5.11 Å². The summed E-state index contributed by atoms with van der Waals surface area (Å²) in [6.07, 6.45) is 1.04. The molecule has 0 radical (unpaired) electrons. The Morgan fingerprint density at radius 1 is 1.00 bits per heavy atom. The van der Waals surface area contributed by atoms with E-state index < -0.39 is 11.9 Å². The van der Waals surface area contributed by atoms with Crippen molar-refractivity contribution in [3.63, 3.8) is 0 Å². The number of rotatable bonds is 4. The average Bonchev–Trinajstić information content (AvgIpc) is 2.48. The fraction of sp³-hybridized carbons (Fsp3) is 0.316. The normalized spacial score (nSPS) is 11.5. The molecule has 0 fully saturated rings. The fourth-order valence-corrected chi connectivity index (χ4v) is 2.35. The van der Waals surface area contributed by atoms with Gasteiger partial charge in [-0.25, -0.2) is 0 Å². The number of hydrogen-bond acceptors (Lipinski definition) is 1. The Kier molecular flexibility index (Phi) is 7.94. The maximum atomic E-state index is 10.8. The van der Waals surface area contributed by atoms with E-state index in [-0.39, 0.29) is 0 Å². The Morgan fingerprint density at radius 3 is 1.91 bits per heavy atom. The zero-order valence-electron chi connectivity index (χ0n) is 13.4. The molecule has 2 nitrogen and oxygen atoms in total. The summed E-state index contributed by atoms with van der Waals surface area (Å²) in [5, 5.41) is 8.85. The average molecular weight is 363 g/mol. The molecular weight excluding hydrogens is 339 g/mol. The molecule has 0 amide bonds.